The van der Waals surface area contributed by atoms with Gasteiger partial charge in [0.25, 0.3) is 0 Å². The highest BCUT2D eigenvalue weighted by molar-refractivity contribution is 7.07. The zero-order chi connectivity index (χ0) is 15.2. The first-order valence-corrected chi connectivity index (χ1v) is 8.60. The molecule has 22 heavy (non-hydrogen) atoms. The number of hydrogen-bond acceptors (Lipinski definition) is 5. The van der Waals surface area contributed by atoms with Crippen molar-refractivity contribution in [2.75, 3.05) is 37.7 Å². The Balaban J connectivity index is 1.58. The van der Waals surface area contributed by atoms with Crippen LogP contribution in [0.15, 0.2) is 41.1 Å². The van der Waals surface area contributed by atoms with Gasteiger partial charge in [0.15, 0.2) is 0 Å². The monoisotopic (exact) mass is 318 g/mol. The molecule has 1 saturated heterocycles. The van der Waals surface area contributed by atoms with Crippen LogP contribution in [0.1, 0.15) is 17.2 Å². The number of benzene rings is 1. The third-order valence-corrected chi connectivity index (χ3v) is 4.63. The van der Waals surface area contributed by atoms with Crippen molar-refractivity contribution in [3.05, 3.63) is 52.2 Å². The maximum atomic E-state index is 10.1. The van der Waals surface area contributed by atoms with Crippen molar-refractivity contribution in [1.82, 2.24) is 5.32 Å². The van der Waals surface area contributed by atoms with Crippen LogP contribution in [-0.2, 0) is 11.3 Å². The molecule has 0 aliphatic carbocycles. The molecule has 1 aromatic carbocycles. The summed E-state index contributed by atoms with van der Waals surface area (Å²) in [5, 5.41) is 17.5. The topological polar surface area (TPSA) is 44.7 Å². The minimum atomic E-state index is -0.443. The van der Waals surface area contributed by atoms with Crippen molar-refractivity contribution in [3.63, 3.8) is 0 Å². The molecule has 1 atom stereocenters. The van der Waals surface area contributed by atoms with E-state index in [1.165, 1.54) is 11.3 Å². The predicted octanol–water partition coefficient (Wildman–Crippen LogP) is 2.41. The second kappa shape index (κ2) is 7.74. The van der Waals surface area contributed by atoms with E-state index in [1.54, 1.807) is 11.3 Å². The normalized spacial score (nSPS) is 16.7. The molecule has 5 heteroatoms. The largest absolute Gasteiger partial charge is 0.387 e. The summed E-state index contributed by atoms with van der Waals surface area (Å²) in [5.41, 5.74) is 3.52. The lowest BCUT2D eigenvalue weighted by atomic mass is 10.1. The van der Waals surface area contributed by atoms with Crippen LogP contribution in [0.2, 0.25) is 0 Å². The van der Waals surface area contributed by atoms with Gasteiger partial charge in [-0.1, -0.05) is 18.2 Å². The molecule has 2 N–H and O–H groups in total. The van der Waals surface area contributed by atoms with Crippen LogP contribution in [0.25, 0.3) is 0 Å². The fourth-order valence-electron chi connectivity index (χ4n) is 2.70. The Labute approximate surface area is 135 Å². The van der Waals surface area contributed by atoms with E-state index < -0.39 is 6.10 Å². The number of hydrogen-bond donors (Lipinski definition) is 2. The quantitative estimate of drug-likeness (QED) is 0.858. The molecule has 1 aliphatic rings. The third-order valence-electron chi connectivity index (χ3n) is 3.92. The Morgan fingerprint density at radius 3 is 2.82 bits per heavy atom. The maximum Gasteiger partial charge on any atom is 0.0922 e. The van der Waals surface area contributed by atoms with E-state index >= 15 is 0 Å². The Kier molecular flexibility index (Phi) is 5.45. The Morgan fingerprint density at radius 1 is 1.23 bits per heavy atom. The van der Waals surface area contributed by atoms with E-state index in [4.69, 9.17) is 4.74 Å². The van der Waals surface area contributed by atoms with Crippen molar-refractivity contribution in [2.24, 2.45) is 0 Å². The van der Waals surface area contributed by atoms with Crippen molar-refractivity contribution in [3.8, 4) is 0 Å². The summed E-state index contributed by atoms with van der Waals surface area (Å²) >= 11 is 1.61. The van der Waals surface area contributed by atoms with Crippen LogP contribution in [0.5, 0.6) is 0 Å². The van der Waals surface area contributed by atoms with Crippen LogP contribution in [-0.4, -0.2) is 38.0 Å². The summed E-state index contributed by atoms with van der Waals surface area (Å²) in [4.78, 5) is 2.37. The molecule has 1 fully saturated rings. The third kappa shape index (κ3) is 3.87. The minimum absolute atomic E-state index is 0.443. The number of para-hydroxylation sites is 1. The van der Waals surface area contributed by atoms with Gasteiger partial charge in [-0.3, -0.25) is 0 Å². The standard InChI is InChI=1S/C17H22N2O2S/c20-17(15-5-10-22-13-15)12-18-11-14-3-1-2-4-16(14)19-6-8-21-9-7-19/h1-5,10,13,17-18,20H,6-9,11-12H2. The van der Waals surface area contributed by atoms with Crippen molar-refractivity contribution in [1.29, 1.82) is 0 Å². The SMILES string of the molecule is OC(CNCc1ccccc1N1CCOCC1)c1ccsc1. The Bertz CT molecular complexity index is 568. The molecule has 1 aromatic heterocycles. The fraction of sp³-hybridized carbons (Fsp3) is 0.412. The van der Waals surface area contributed by atoms with Crippen LogP contribution in [0, 0.1) is 0 Å². The Morgan fingerprint density at radius 2 is 2.05 bits per heavy atom. The van der Waals surface area contributed by atoms with E-state index in [-0.39, 0.29) is 0 Å². The molecule has 0 radical (unpaired) electrons. The van der Waals surface area contributed by atoms with Crippen LogP contribution >= 0.6 is 11.3 Å². The number of ether oxygens (including phenoxy) is 1. The molecule has 2 heterocycles. The molecule has 118 valence electrons. The fourth-order valence-corrected chi connectivity index (χ4v) is 3.41. The van der Waals surface area contributed by atoms with Gasteiger partial charge in [0.05, 0.1) is 19.3 Å². The summed E-state index contributed by atoms with van der Waals surface area (Å²) in [5.74, 6) is 0. The molecule has 2 aromatic rings. The number of aliphatic hydroxyl groups excluding tert-OH is 1. The second-order valence-corrected chi connectivity index (χ2v) is 6.21. The molecule has 0 bridgehead atoms. The van der Waals surface area contributed by atoms with Crippen molar-refractivity contribution < 1.29 is 9.84 Å². The minimum Gasteiger partial charge on any atom is -0.387 e. The summed E-state index contributed by atoms with van der Waals surface area (Å²) in [7, 11) is 0. The van der Waals surface area contributed by atoms with E-state index in [0.29, 0.717) is 6.54 Å². The lowest BCUT2D eigenvalue weighted by Crippen LogP contribution is -2.37. The lowest BCUT2D eigenvalue weighted by Gasteiger charge is -2.30. The number of anilines is 1. The van der Waals surface area contributed by atoms with Gasteiger partial charge in [-0.15, -0.1) is 0 Å². The van der Waals surface area contributed by atoms with Crippen LogP contribution in [0.4, 0.5) is 5.69 Å². The van der Waals surface area contributed by atoms with Gasteiger partial charge in [-0.05, 0) is 34.0 Å². The number of aliphatic hydroxyl groups is 1. The smallest absolute Gasteiger partial charge is 0.0922 e. The summed E-state index contributed by atoms with van der Waals surface area (Å²) in [6.07, 6.45) is -0.443. The highest BCUT2D eigenvalue weighted by Gasteiger charge is 2.14. The van der Waals surface area contributed by atoms with E-state index in [0.717, 1.165) is 38.4 Å². The molecule has 0 saturated carbocycles. The first-order valence-electron chi connectivity index (χ1n) is 7.66. The second-order valence-electron chi connectivity index (χ2n) is 5.43. The van der Waals surface area contributed by atoms with Crippen molar-refractivity contribution in [2.45, 2.75) is 12.6 Å². The van der Waals surface area contributed by atoms with Crippen LogP contribution in [0.3, 0.4) is 0 Å². The number of morpholine rings is 1. The molecular weight excluding hydrogens is 296 g/mol. The number of rotatable bonds is 6. The average molecular weight is 318 g/mol. The molecule has 1 aliphatic heterocycles. The van der Waals surface area contributed by atoms with Gasteiger partial charge in [0.1, 0.15) is 0 Å². The lowest BCUT2D eigenvalue weighted by molar-refractivity contribution is 0.122. The zero-order valence-electron chi connectivity index (χ0n) is 12.6. The van der Waals surface area contributed by atoms with Gasteiger partial charge in [-0.2, -0.15) is 11.3 Å². The molecular formula is C17H22N2O2S. The molecule has 0 amide bonds. The van der Waals surface area contributed by atoms with Gasteiger partial charge in [0, 0.05) is 31.9 Å². The summed E-state index contributed by atoms with van der Waals surface area (Å²) in [6, 6.07) is 10.4. The Hall–Kier alpha value is -1.40. The maximum absolute atomic E-state index is 10.1. The van der Waals surface area contributed by atoms with E-state index in [2.05, 4.69) is 34.5 Å². The first-order chi connectivity index (χ1) is 10.8. The summed E-state index contributed by atoms with van der Waals surface area (Å²) in [6.45, 7) is 4.78. The molecule has 0 spiro atoms. The highest BCUT2D eigenvalue weighted by Crippen LogP contribution is 2.22. The van der Waals surface area contributed by atoms with Gasteiger partial charge < -0.3 is 20.1 Å². The molecule has 3 rings (SSSR count). The van der Waals surface area contributed by atoms with Crippen molar-refractivity contribution >= 4 is 17.0 Å². The zero-order valence-corrected chi connectivity index (χ0v) is 13.4. The number of thiophene rings is 1. The average Bonchev–Trinajstić information content (AvgIpc) is 3.11. The number of nitrogens with one attached hydrogen (secondary N) is 1. The first kappa shape index (κ1) is 15.5. The van der Waals surface area contributed by atoms with Crippen LogP contribution < -0.4 is 10.2 Å². The highest BCUT2D eigenvalue weighted by atomic mass is 32.1. The van der Waals surface area contributed by atoms with Gasteiger partial charge >= 0.3 is 0 Å². The molecule has 4 nitrogen and oxygen atoms in total. The predicted molar refractivity (Wildman–Crippen MR) is 90.5 cm³/mol. The number of nitrogens with zero attached hydrogens (tertiary/aromatic N) is 1. The van der Waals surface area contributed by atoms with Gasteiger partial charge in [0.2, 0.25) is 0 Å². The van der Waals surface area contributed by atoms with E-state index in [1.807, 2.05) is 16.8 Å². The van der Waals surface area contributed by atoms with E-state index in [9.17, 15) is 5.11 Å². The van der Waals surface area contributed by atoms with Gasteiger partial charge in [-0.25, -0.2) is 0 Å². The molecule has 1 unspecified atom stereocenters. The summed E-state index contributed by atoms with van der Waals surface area (Å²) < 4.78 is 5.43.